The molecule has 0 radical (unpaired) electrons. The van der Waals surface area contributed by atoms with E-state index in [9.17, 15) is 19.2 Å². The number of hydrazine groups is 1. The molecule has 1 spiro atoms. The molecule has 3 fully saturated rings. The van der Waals surface area contributed by atoms with Crippen LogP contribution in [0, 0.1) is 11.2 Å². The van der Waals surface area contributed by atoms with Crippen LogP contribution in [-0.4, -0.2) is 85.2 Å². The first-order valence-electron chi connectivity index (χ1n) is 17.3. The highest BCUT2D eigenvalue weighted by atomic mass is 35.5. The zero-order valence-electron chi connectivity index (χ0n) is 29.0. The number of rotatable bonds is 9. The number of hydrogen-bond donors (Lipinski definition) is 3. The molecule has 4 N–H and O–H groups in total. The Hall–Kier alpha value is -5.67. The van der Waals surface area contributed by atoms with Gasteiger partial charge in [-0.1, -0.05) is 37.3 Å². The Bertz CT molecular complexity index is 2170. The van der Waals surface area contributed by atoms with E-state index in [0.29, 0.717) is 60.4 Å². The van der Waals surface area contributed by atoms with Crippen molar-refractivity contribution < 1.29 is 23.6 Å². The highest BCUT2D eigenvalue weighted by Gasteiger charge is 2.51. The minimum atomic E-state index is -0.782. The van der Waals surface area contributed by atoms with Gasteiger partial charge in [-0.3, -0.25) is 33.9 Å². The Kier molecular flexibility index (Phi) is 9.70. The molecule has 4 aromatic rings. The average Bonchev–Trinajstić information content (AvgIpc) is 3.51. The molecule has 3 aliphatic heterocycles. The SMILES string of the molecule is C=C/C=C(\CC)C(=O)N(C1CCC(=O)NC1=O)N1CC2(CCN(c3nc(-c4ccc(C(=O)Nc5cc(Cl)ccn5)cc4F)c4c(N)nccn34)CC2)C1. The van der Waals surface area contributed by atoms with Gasteiger partial charge in [0.05, 0.1) is 0 Å². The molecule has 0 aliphatic carbocycles. The molecule has 0 bridgehead atoms. The summed E-state index contributed by atoms with van der Waals surface area (Å²) in [5.74, 6) is -1.32. The Balaban J connectivity index is 1.09. The molecule has 1 atom stereocenters. The first-order valence-corrected chi connectivity index (χ1v) is 17.7. The third-order valence-electron chi connectivity index (χ3n) is 10.1. The lowest BCUT2D eigenvalue weighted by molar-refractivity contribution is -0.193. The van der Waals surface area contributed by atoms with Crippen LogP contribution in [0.4, 0.5) is 22.0 Å². The van der Waals surface area contributed by atoms with Crippen LogP contribution in [-0.2, 0) is 14.4 Å². The highest BCUT2D eigenvalue weighted by Crippen LogP contribution is 2.44. The summed E-state index contributed by atoms with van der Waals surface area (Å²) in [6.07, 6.45) is 10.4. The van der Waals surface area contributed by atoms with E-state index in [0.717, 1.165) is 18.9 Å². The van der Waals surface area contributed by atoms with Gasteiger partial charge in [0, 0.05) is 78.3 Å². The van der Waals surface area contributed by atoms with Crippen LogP contribution in [0.1, 0.15) is 49.4 Å². The second kappa shape index (κ2) is 14.4. The summed E-state index contributed by atoms with van der Waals surface area (Å²) in [6.45, 7) is 7.99. The summed E-state index contributed by atoms with van der Waals surface area (Å²) in [4.78, 5) is 66.8. The van der Waals surface area contributed by atoms with E-state index in [2.05, 4.69) is 32.1 Å². The molecule has 3 saturated heterocycles. The predicted molar refractivity (Wildman–Crippen MR) is 197 cm³/mol. The Labute approximate surface area is 309 Å². The zero-order chi connectivity index (χ0) is 37.4. The molecule has 6 heterocycles. The van der Waals surface area contributed by atoms with E-state index >= 15 is 4.39 Å². The number of carbonyl (C=O) groups excluding carboxylic acids is 4. The van der Waals surface area contributed by atoms with Crippen molar-refractivity contribution >= 4 is 58.3 Å². The van der Waals surface area contributed by atoms with E-state index in [4.69, 9.17) is 22.3 Å². The van der Waals surface area contributed by atoms with Crippen molar-refractivity contribution in [3.63, 3.8) is 0 Å². The number of halogens is 2. The third kappa shape index (κ3) is 6.84. The number of imide groups is 1. The fraction of sp³-hybridized carbons (Fsp3) is 0.324. The Morgan fingerprint density at radius 3 is 2.62 bits per heavy atom. The van der Waals surface area contributed by atoms with Crippen molar-refractivity contribution in [3.05, 3.63) is 89.6 Å². The standard InChI is InChI=1S/C37H38ClFN10O4/c1-3-5-22(4-2)35(53)49(27-8-9-29(50)44-34(27)52)47-20-37(21-47)11-15-46(16-12-37)36-45-30(31-32(40)42-14-17-48(31)36)25-7-6-23(18-26(25)39)33(51)43-28-19-24(38)10-13-41-28/h3,5-7,10,13-14,17-19,27H,1,4,8-9,11-12,15-16,20-21H2,2H3,(H2,40,42)(H,41,43,51)(H,44,50,52)/b22-5+. The van der Waals surface area contributed by atoms with Crippen molar-refractivity contribution in [2.75, 3.05) is 42.1 Å². The number of piperidine rings is 2. The number of nitrogens with zero attached hydrogens (tertiary/aromatic N) is 7. The van der Waals surface area contributed by atoms with Gasteiger partial charge in [-0.15, -0.1) is 0 Å². The van der Waals surface area contributed by atoms with Gasteiger partial charge in [0.15, 0.2) is 0 Å². The molecule has 14 nitrogen and oxygen atoms in total. The summed E-state index contributed by atoms with van der Waals surface area (Å²) in [5.41, 5.74) is 7.74. The van der Waals surface area contributed by atoms with Crippen LogP contribution >= 0.6 is 11.6 Å². The molecular formula is C37H38ClFN10O4. The number of allylic oxidation sites excluding steroid dienone is 2. The van der Waals surface area contributed by atoms with Gasteiger partial charge in [0.2, 0.25) is 11.9 Å². The largest absolute Gasteiger partial charge is 0.382 e. The van der Waals surface area contributed by atoms with Crippen molar-refractivity contribution in [2.45, 2.75) is 45.1 Å². The number of pyridine rings is 1. The molecule has 1 unspecified atom stereocenters. The third-order valence-corrected chi connectivity index (χ3v) is 10.4. The minimum Gasteiger partial charge on any atom is -0.382 e. The topological polar surface area (TPSA) is 171 Å². The number of aromatic nitrogens is 4. The van der Waals surface area contributed by atoms with Crippen LogP contribution in [0.2, 0.25) is 5.02 Å². The van der Waals surface area contributed by atoms with E-state index in [1.165, 1.54) is 24.4 Å². The maximum atomic E-state index is 15.8. The first kappa shape index (κ1) is 35.7. The summed E-state index contributed by atoms with van der Waals surface area (Å²) < 4.78 is 17.6. The number of benzene rings is 1. The number of nitrogens with two attached hydrogens (primary N) is 1. The lowest BCUT2D eigenvalue weighted by Crippen LogP contribution is -2.70. The lowest BCUT2D eigenvalue weighted by atomic mass is 9.72. The molecule has 3 aromatic heterocycles. The second-order valence-corrected chi connectivity index (χ2v) is 13.9. The molecule has 7 rings (SSSR count). The maximum Gasteiger partial charge on any atom is 0.264 e. The Morgan fingerprint density at radius 1 is 1.17 bits per heavy atom. The molecule has 53 heavy (non-hydrogen) atoms. The summed E-state index contributed by atoms with van der Waals surface area (Å²) in [5, 5.41) is 8.88. The van der Waals surface area contributed by atoms with Crippen LogP contribution in [0.5, 0.6) is 0 Å². The molecule has 16 heteroatoms. The van der Waals surface area contributed by atoms with Crippen molar-refractivity contribution in [3.8, 4) is 11.3 Å². The van der Waals surface area contributed by atoms with Crippen LogP contribution in [0.3, 0.4) is 0 Å². The normalized spacial score (nSPS) is 18.8. The van der Waals surface area contributed by atoms with Gasteiger partial charge in [-0.05, 0) is 56.0 Å². The van der Waals surface area contributed by atoms with Crippen molar-refractivity contribution in [1.29, 1.82) is 0 Å². The maximum absolute atomic E-state index is 15.8. The smallest absolute Gasteiger partial charge is 0.264 e. The van der Waals surface area contributed by atoms with E-state index in [1.807, 2.05) is 11.9 Å². The number of amides is 4. The van der Waals surface area contributed by atoms with Gasteiger partial charge in [-0.25, -0.2) is 24.4 Å². The van der Waals surface area contributed by atoms with Gasteiger partial charge in [0.25, 0.3) is 17.7 Å². The molecule has 3 aliphatic rings. The van der Waals surface area contributed by atoms with Crippen LogP contribution in [0.15, 0.2) is 73.2 Å². The number of imidazole rings is 1. The zero-order valence-corrected chi connectivity index (χ0v) is 29.8. The summed E-state index contributed by atoms with van der Waals surface area (Å²) in [6, 6.07) is 6.42. The number of fused-ring (bicyclic) bond motifs is 1. The van der Waals surface area contributed by atoms with Crippen LogP contribution in [0.25, 0.3) is 16.8 Å². The highest BCUT2D eigenvalue weighted by molar-refractivity contribution is 6.30. The fourth-order valence-electron chi connectivity index (χ4n) is 7.36. The second-order valence-electron chi connectivity index (χ2n) is 13.5. The lowest BCUT2D eigenvalue weighted by Gasteiger charge is -2.58. The van der Waals surface area contributed by atoms with Gasteiger partial charge >= 0.3 is 0 Å². The monoisotopic (exact) mass is 740 g/mol. The summed E-state index contributed by atoms with van der Waals surface area (Å²) >= 11 is 6.00. The number of nitrogens with one attached hydrogen (secondary N) is 2. The number of carbonyl (C=O) groups is 4. The van der Waals surface area contributed by atoms with E-state index < -0.39 is 23.7 Å². The van der Waals surface area contributed by atoms with Gasteiger partial charge in [0.1, 0.15) is 34.7 Å². The van der Waals surface area contributed by atoms with Crippen molar-refractivity contribution in [1.82, 2.24) is 34.7 Å². The first-order chi connectivity index (χ1) is 25.5. The number of nitrogen functional groups attached to an aromatic ring is 1. The molecular weight excluding hydrogens is 703 g/mol. The number of anilines is 3. The minimum absolute atomic E-state index is 0.0826. The molecule has 0 saturated carbocycles. The van der Waals surface area contributed by atoms with Gasteiger partial charge in [-0.2, -0.15) is 0 Å². The quantitative estimate of drug-likeness (QED) is 0.127. The van der Waals surface area contributed by atoms with Crippen molar-refractivity contribution in [2.24, 2.45) is 5.41 Å². The summed E-state index contributed by atoms with van der Waals surface area (Å²) in [7, 11) is 0. The fourth-order valence-corrected chi connectivity index (χ4v) is 7.52. The molecule has 4 amide bonds. The van der Waals surface area contributed by atoms with Crippen LogP contribution < -0.4 is 21.3 Å². The van der Waals surface area contributed by atoms with E-state index in [-0.39, 0.29) is 52.8 Å². The number of hydrogen-bond acceptors (Lipinski definition) is 10. The predicted octanol–water partition coefficient (Wildman–Crippen LogP) is 4.39. The van der Waals surface area contributed by atoms with E-state index in [1.54, 1.807) is 40.0 Å². The molecule has 274 valence electrons. The average molecular weight is 741 g/mol. The van der Waals surface area contributed by atoms with Gasteiger partial charge < -0.3 is 16.0 Å². The Morgan fingerprint density at radius 2 is 1.94 bits per heavy atom. The molecule has 1 aromatic carbocycles.